The van der Waals surface area contributed by atoms with Crippen molar-refractivity contribution in [3.05, 3.63) is 47.2 Å². The number of para-hydroxylation sites is 1. The third-order valence-corrected chi connectivity index (χ3v) is 3.36. The normalized spacial score (nSPS) is 11.0. The molecule has 0 saturated heterocycles. The van der Waals surface area contributed by atoms with E-state index in [0.717, 1.165) is 0 Å². The molecule has 0 bridgehead atoms. The van der Waals surface area contributed by atoms with Crippen molar-refractivity contribution >= 4 is 28.6 Å². The van der Waals surface area contributed by atoms with Gasteiger partial charge < -0.3 is 10.5 Å². The Hall–Kier alpha value is -2.27. The molecule has 1 aromatic heterocycles. The molecule has 0 aliphatic carbocycles. The van der Waals surface area contributed by atoms with Crippen molar-refractivity contribution in [2.45, 2.75) is 6.92 Å². The number of imidazole rings is 1. The van der Waals surface area contributed by atoms with Gasteiger partial charge in [-0.15, -0.1) is 0 Å². The molecule has 0 unspecified atom stereocenters. The summed E-state index contributed by atoms with van der Waals surface area (Å²) in [5.41, 5.74) is 7.48. The van der Waals surface area contributed by atoms with E-state index in [9.17, 15) is 4.39 Å². The van der Waals surface area contributed by atoms with Gasteiger partial charge in [-0.05, 0) is 37.3 Å². The maximum absolute atomic E-state index is 14.1. The first-order valence-corrected chi connectivity index (χ1v) is 6.84. The average molecular weight is 306 g/mol. The standard InChI is InChI=1S/C15H13ClFN3O/c1-2-21-13-5-3-4-11-14(13)19-15(18)20(11)12-8-9(16)6-7-10(12)17/h3-8H,2H2,1H3,(H2,18,19). The molecule has 4 nitrogen and oxygen atoms in total. The van der Waals surface area contributed by atoms with E-state index in [1.54, 1.807) is 6.07 Å². The lowest BCUT2D eigenvalue weighted by atomic mass is 10.2. The van der Waals surface area contributed by atoms with Crippen LogP contribution in [0.25, 0.3) is 16.7 Å². The van der Waals surface area contributed by atoms with E-state index in [1.165, 1.54) is 22.8 Å². The highest BCUT2D eigenvalue weighted by molar-refractivity contribution is 6.30. The molecule has 0 fully saturated rings. The Morgan fingerprint density at radius 1 is 1.33 bits per heavy atom. The van der Waals surface area contributed by atoms with Crippen LogP contribution in [-0.4, -0.2) is 16.2 Å². The Morgan fingerprint density at radius 2 is 2.14 bits per heavy atom. The van der Waals surface area contributed by atoms with Crippen molar-refractivity contribution < 1.29 is 9.13 Å². The van der Waals surface area contributed by atoms with Crippen LogP contribution < -0.4 is 10.5 Å². The lowest BCUT2D eigenvalue weighted by molar-refractivity contribution is 0.344. The molecule has 0 spiro atoms. The summed E-state index contributed by atoms with van der Waals surface area (Å²) in [6, 6.07) is 9.73. The second-order valence-corrected chi connectivity index (χ2v) is 4.89. The smallest absolute Gasteiger partial charge is 0.206 e. The first-order chi connectivity index (χ1) is 10.1. The summed E-state index contributed by atoms with van der Waals surface area (Å²) in [4.78, 5) is 4.28. The number of ether oxygens (including phenoxy) is 1. The molecule has 3 aromatic rings. The molecular weight excluding hydrogens is 293 g/mol. The van der Waals surface area contributed by atoms with Crippen LogP contribution in [0.15, 0.2) is 36.4 Å². The fourth-order valence-corrected chi connectivity index (χ4v) is 2.44. The zero-order chi connectivity index (χ0) is 15.0. The minimum atomic E-state index is -0.424. The number of hydrogen-bond donors (Lipinski definition) is 1. The molecule has 108 valence electrons. The molecule has 0 atom stereocenters. The van der Waals surface area contributed by atoms with Crippen LogP contribution in [0, 0.1) is 5.82 Å². The van der Waals surface area contributed by atoms with Gasteiger partial charge in [0.15, 0.2) is 0 Å². The molecular formula is C15H13ClFN3O. The van der Waals surface area contributed by atoms with Crippen LogP contribution in [0.5, 0.6) is 5.75 Å². The van der Waals surface area contributed by atoms with Gasteiger partial charge in [0.05, 0.1) is 17.8 Å². The summed E-state index contributed by atoms with van der Waals surface area (Å²) < 4.78 is 21.1. The molecule has 2 aromatic carbocycles. The number of anilines is 1. The van der Waals surface area contributed by atoms with Gasteiger partial charge in [-0.3, -0.25) is 4.57 Å². The number of benzene rings is 2. The van der Waals surface area contributed by atoms with E-state index in [1.807, 2.05) is 19.1 Å². The molecule has 21 heavy (non-hydrogen) atoms. The molecule has 1 heterocycles. The third-order valence-electron chi connectivity index (χ3n) is 3.12. The van der Waals surface area contributed by atoms with Gasteiger partial charge in [-0.25, -0.2) is 9.37 Å². The summed E-state index contributed by atoms with van der Waals surface area (Å²) in [6.07, 6.45) is 0. The highest BCUT2D eigenvalue weighted by Gasteiger charge is 2.16. The maximum atomic E-state index is 14.1. The predicted octanol–water partition coefficient (Wildman–Crippen LogP) is 3.80. The third kappa shape index (κ3) is 2.29. The van der Waals surface area contributed by atoms with E-state index < -0.39 is 5.82 Å². The molecule has 2 N–H and O–H groups in total. The number of fused-ring (bicyclic) bond motifs is 1. The first-order valence-electron chi connectivity index (χ1n) is 6.47. The number of aromatic nitrogens is 2. The average Bonchev–Trinajstić information content (AvgIpc) is 2.79. The topological polar surface area (TPSA) is 53.1 Å². The monoisotopic (exact) mass is 305 g/mol. The van der Waals surface area contributed by atoms with Crippen molar-refractivity contribution in [1.82, 2.24) is 9.55 Å². The number of nitrogens with zero attached hydrogens (tertiary/aromatic N) is 2. The molecule has 0 aliphatic heterocycles. The van der Waals surface area contributed by atoms with Crippen LogP contribution in [0.1, 0.15) is 6.92 Å². The Labute approximate surface area is 125 Å². The van der Waals surface area contributed by atoms with Crippen LogP contribution in [0.4, 0.5) is 10.3 Å². The Balaban J connectivity index is 2.30. The minimum Gasteiger partial charge on any atom is -0.492 e. The summed E-state index contributed by atoms with van der Waals surface area (Å²) in [7, 11) is 0. The fraction of sp³-hybridized carbons (Fsp3) is 0.133. The van der Waals surface area contributed by atoms with Gasteiger partial charge in [-0.2, -0.15) is 0 Å². The Morgan fingerprint density at radius 3 is 2.90 bits per heavy atom. The summed E-state index contributed by atoms with van der Waals surface area (Å²) >= 11 is 5.95. The number of hydrogen-bond acceptors (Lipinski definition) is 3. The number of nitrogen functional groups attached to an aromatic ring is 1. The van der Waals surface area contributed by atoms with Gasteiger partial charge in [0, 0.05) is 5.02 Å². The van der Waals surface area contributed by atoms with Crippen molar-refractivity contribution in [3.63, 3.8) is 0 Å². The predicted molar refractivity (Wildman–Crippen MR) is 81.6 cm³/mol. The summed E-state index contributed by atoms with van der Waals surface area (Å²) in [5, 5.41) is 0.425. The van der Waals surface area contributed by atoms with Crippen LogP contribution in [0.3, 0.4) is 0 Å². The van der Waals surface area contributed by atoms with E-state index in [-0.39, 0.29) is 11.6 Å². The second-order valence-electron chi connectivity index (χ2n) is 4.46. The van der Waals surface area contributed by atoms with Crippen LogP contribution in [0.2, 0.25) is 5.02 Å². The Kier molecular flexibility index (Phi) is 3.43. The lowest BCUT2D eigenvalue weighted by Crippen LogP contribution is -2.02. The van der Waals surface area contributed by atoms with E-state index in [4.69, 9.17) is 22.1 Å². The summed E-state index contributed by atoms with van der Waals surface area (Å²) in [6.45, 7) is 2.40. The highest BCUT2D eigenvalue weighted by atomic mass is 35.5. The number of nitrogens with two attached hydrogens (primary N) is 1. The van der Waals surface area contributed by atoms with Gasteiger partial charge in [0.2, 0.25) is 5.95 Å². The van der Waals surface area contributed by atoms with E-state index in [0.29, 0.717) is 28.4 Å². The first kappa shape index (κ1) is 13.7. The van der Waals surface area contributed by atoms with Crippen LogP contribution >= 0.6 is 11.6 Å². The minimum absolute atomic E-state index is 0.179. The second kappa shape index (κ2) is 5.26. The van der Waals surface area contributed by atoms with Gasteiger partial charge in [0.1, 0.15) is 17.1 Å². The Bertz CT molecular complexity index is 816. The molecule has 3 rings (SSSR count). The van der Waals surface area contributed by atoms with Crippen molar-refractivity contribution in [1.29, 1.82) is 0 Å². The molecule has 0 radical (unpaired) electrons. The largest absolute Gasteiger partial charge is 0.492 e. The van der Waals surface area contributed by atoms with Crippen molar-refractivity contribution in [2.24, 2.45) is 0 Å². The SMILES string of the molecule is CCOc1cccc2c1nc(N)n2-c1cc(Cl)ccc1F. The quantitative estimate of drug-likeness (QED) is 0.801. The highest BCUT2D eigenvalue weighted by Crippen LogP contribution is 2.31. The van der Waals surface area contributed by atoms with E-state index in [2.05, 4.69) is 4.98 Å². The van der Waals surface area contributed by atoms with E-state index >= 15 is 0 Å². The fourth-order valence-electron chi connectivity index (χ4n) is 2.27. The summed E-state index contributed by atoms with van der Waals surface area (Å²) in [5.74, 6) is 0.369. The molecule has 0 saturated carbocycles. The molecule has 6 heteroatoms. The van der Waals surface area contributed by atoms with Gasteiger partial charge >= 0.3 is 0 Å². The molecule has 0 aliphatic rings. The zero-order valence-corrected chi connectivity index (χ0v) is 12.1. The zero-order valence-electron chi connectivity index (χ0n) is 11.3. The number of halogens is 2. The lowest BCUT2D eigenvalue weighted by Gasteiger charge is -2.09. The number of rotatable bonds is 3. The maximum Gasteiger partial charge on any atom is 0.206 e. The van der Waals surface area contributed by atoms with Crippen LogP contribution in [-0.2, 0) is 0 Å². The van der Waals surface area contributed by atoms with Gasteiger partial charge in [0.25, 0.3) is 0 Å². The van der Waals surface area contributed by atoms with Gasteiger partial charge in [-0.1, -0.05) is 17.7 Å². The molecule has 0 amide bonds. The van der Waals surface area contributed by atoms with Crippen molar-refractivity contribution in [2.75, 3.05) is 12.3 Å². The van der Waals surface area contributed by atoms with Crippen molar-refractivity contribution in [3.8, 4) is 11.4 Å².